The SMILES string of the molecule is CC(CCOC(=O)N(C)Cc1ccccc1)N(C)C. The Morgan fingerprint density at radius 3 is 2.42 bits per heavy atom. The summed E-state index contributed by atoms with van der Waals surface area (Å²) < 4.78 is 5.26. The van der Waals surface area contributed by atoms with Crippen molar-refractivity contribution in [2.75, 3.05) is 27.7 Å². The lowest BCUT2D eigenvalue weighted by molar-refractivity contribution is 0.100. The molecule has 0 aliphatic heterocycles. The van der Waals surface area contributed by atoms with Crippen LogP contribution in [-0.2, 0) is 11.3 Å². The molecule has 0 heterocycles. The number of benzene rings is 1. The minimum absolute atomic E-state index is 0.269. The first kappa shape index (κ1) is 15.5. The van der Waals surface area contributed by atoms with Gasteiger partial charge in [-0.2, -0.15) is 0 Å². The number of hydrogen-bond acceptors (Lipinski definition) is 3. The van der Waals surface area contributed by atoms with E-state index in [1.807, 2.05) is 44.4 Å². The fourth-order valence-corrected chi connectivity index (χ4v) is 1.61. The Hall–Kier alpha value is -1.55. The summed E-state index contributed by atoms with van der Waals surface area (Å²) >= 11 is 0. The normalized spacial score (nSPS) is 12.3. The van der Waals surface area contributed by atoms with Crippen LogP contribution in [0.3, 0.4) is 0 Å². The monoisotopic (exact) mass is 264 g/mol. The lowest BCUT2D eigenvalue weighted by Gasteiger charge is -2.21. The molecule has 0 aliphatic carbocycles. The van der Waals surface area contributed by atoms with Crippen molar-refractivity contribution in [1.82, 2.24) is 9.80 Å². The van der Waals surface area contributed by atoms with Gasteiger partial charge in [-0.1, -0.05) is 30.3 Å². The zero-order valence-corrected chi connectivity index (χ0v) is 12.3. The van der Waals surface area contributed by atoms with Gasteiger partial charge in [0, 0.05) is 19.6 Å². The predicted molar refractivity (Wildman–Crippen MR) is 77.0 cm³/mol. The van der Waals surface area contributed by atoms with E-state index in [4.69, 9.17) is 4.74 Å². The first-order chi connectivity index (χ1) is 9.00. The lowest BCUT2D eigenvalue weighted by atomic mass is 10.2. The van der Waals surface area contributed by atoms with Crippen LogP contribution in [0.25, 0.3) is 0 Å². The Bertz CT molecular complexity index is 379. The summed E-state index contributed by atoms with van der Waals surface area (Å²) in [6.07, 6.45) is 0.576. The van der Waals surface area contributed by atoms with E-state index in [9.17, 15) is 4.79 Å². The van der Waals surface area contributed by atoms with Crippen LogP contribution < -0.4 is 0 Å². The van der Waals surface area contributed by atoms with E-state index in [1.165, 1.54) is 0 Å². The number of ether oxygens (including phenoxy) is 1. The summed E-state index contributed by atoms with van der Waals surface area (Å²) in [5, 5.41) is 0. The highest BCUT2D eigenvalue weighted by molar-refractivity contribution is 5.67. The summed E-state index contributed by atoms with van der Waals surface area (Å²) in [6.45, 7) is 3.14. The molecule has 1 amide bonds. The smallest absolute Gasteiger partial charge is 0.409 e. The van der Waals surface area contributed by atoms with Crippen LogP contribution >= 0.6 is 0 Å². The van der Waals surface area contributed by atoms with Gasteiger partial charge in [0.25, 0.3) is 0 Å². The van der Waals surface area contributed by atoms with Gasteiger partial charge in [-0.3, -0.25) is 0 Å². The van der Waals surface area contributed by atoms with Gasteiger partial charge in [0.2, 0.25) is 0 Å². The van der Waals surface area contributed by atoms with E-state index >= 15 is 0 Å². The van der Waals surface area contributed by atoms with Gasteiger partial charge >= 0.3 is 6.09 Å². The van der Waals surface area contributed by atoms with E-state index in [1.54, 1.807) is 11.9 Å². The van der Waals surface area contributed by atoms with Crippen molar-refractivity contribution < 1.29 is 9.53 Å². The third kappa shape index (κ3) is 5.75. The highest BCUT2D eigenvalue weighted by Gasteiger charge is 2.11. The fourth-order valence-electron chi connectivity index (χ4n) is 1.61. The zero-order chi connectivity index (χ0) is 14.3. The third-order valence-corrected chi connectivity index (χ3v) is 3.22. The minimum atomic E-state index is -0.269. The number of carbonyl (C=O) groups is 1. The summed E-state index contributed by atoms with van der Waals surface area (Å²) in [7, 11) is 5.80. The second kappa shape index (κ2) is 7.79. The minimum Gasteiger partial charge on any atom is -0.449 e. The molecule has 19 heavy (non-hydrogen) atoms. The molecular formula is C15H24N2O2. The molecule has 1 atom stereocenters. The third-order valence-electron chi connectivity index (χ3n) is 3.22. The lowest BCUT2D eigenvalue weighted by Crippen LogP contribution is -2.30. The molecule has 0 aromatic heterocycles. The molecule has 4 heteroatoms. The Labute approximate surface area is 116 Å². The molecule has 0 bridgehead atoms. The Kier molecular flexibility index (Phi) is 6.36. The second-order valence-electron chi connectivity index (χ2n) is 5.06. The van der Waals surface area contributed by atoms with Gasteiger partial charge in [-0.05, 0) is 33.0 Å². The molecule has 0 aliphatic rings. The van der Waals surface area contributed by atoms with Crippen molar-refractivity contribution in [3.63, 3.8) is 0 Å². The molecule has 4 nitrogen and oxygen atoms in total. The van der Waals surface area contributed by atoms with E-state index in [0.29, 0.717) is 19.2 Å². The molecule has 0 spiro atoms. The van der Waals surface area contributed by atoms with Crippen molar-refractivity contribution in [1.29, 1.82) is 0 Å². The molecule has 0 fully saturated rings. The molecule has 1 aromatic carbocycles. The molecular weight excluding hydrogens is 240 g/mol. The highest BCUT2D eigenvalue weighted by atomic mass is 16.6. The standard InChI is InChI=1S/C15H24N2O2/c1-13(16(2)3)10-11-19-15(18)17(4)12-14-8-6-5-7-9-14/h5-9,13H,10-12H2,1-4H3. The van der Waals surface area contributed by atoms with Gasteiger partial charge < -0.3 is 14.5 Å². The molecule has 0 saturated carbocycles. The first-order valence-corrected chi connectivity index (χ1v) is 6.59. The van der Waals surface area contributed by atoms with Gasteiger partial charge in [0.05, 0.1) is 6.61 Å². The van der Waals surface area contributed by atoms with Gasteiger partial charge in [-0.15, -0.1) is 0 Å². The van der Waals surface area contributed by atoms with E-state index in [0.717, 1.165) is 12.0 Å². The van der Waals surface area contributed by atoms with Crippen molar-refractivity contribution in [3.05, 3.63) is 35.9 Å². The maximum atomic E-state index is 11.8. The van der Waals surface area contributed by atoms with E-state index in [2.05, 4.69) is 11.8 Å². The molecule has 1 unspecified atom stereocenters. The van der Waals surface area contributed by atoms with Crippen LogP contribution in [0.15, 0.2) is 30.3 Å². The number of carbonyl (C=O) groups excluding carboxylic acids is 1. The summed E-state index contributed by atoms with van der Waals surface area (Å²) in [6, 6.07) is 10.3. The van der Waals surface area contributed by atoms with Crippen LogP contribution in [-0.4, -0.2) is 49.7 Å². The summed E-state index contributed by atoms with van der Waals surface area (Å²) in [5.74, 6) is 0. The van der Waals surface area contributed by atoms with Gasteiger partial charge in [-0.25, -0.2) is 4.79 Å². The quantitative estimate of drug-likeness (QED) is 0.791. The Balaban J connectivity index is 2.29. The molecule has 1 aromatic rings. The molecule has 0 radical (unpaired) electrons. The number of nitrogens with zero attached hydrogens (tertiary/aromatic N) is 2. The average molecular weight is 264 g/mol. The van der Waals surface area contributed by atoms with Crippen molar-refractivity contribution in [3.8, 4) is 0 Å². The zero-order valence-electron chi connectivity index (χ0n) is 12.3. The maximum absolute atomic E-state index is 11.8. The number of amides is 1. The predicted octanol–water partition coefficient (Wildman–Crippen LogP) is 2.60. The number of hydrogen-bond donors (Lipinski definition) is 0. The van der Waals surface area contributed by atoms with Crippen LogP contribution in [0.1, 0.15) is 18.9 Å². The molecule has 106 valence electrons. The van der Waals surface area contributed by atoms with Crippen LogP contribution in [0.5, 0.6) is 0 Å². The van der Waals surface area contributed by atoms with Crippen molar-refractivity contribution >= 4 is 6.09 Å². The van der Waals surface area contributed by atoms with Gasteiger partial charge in [0.15, 0.2) is 0 Å². The van der Waals surface area contributed by atoms with E-state index < -0.39 is 0 Å². The average Bonchev–Trinajstić information content (AvgIpc) is 2.39. The summed E-state index contributed by atoms with van der Waals surface area (Å²) in [4.78, 5) is 15.5. The maximum Gasteiger partial charge on any atom is 0.409 e. The fraction of sp³-hybridized carbons (Fsp3) is 0.533. The first-order valence-electron chi connectivity index (χ1n) is 6.59. The van der Waals surface area contributed by atoms with Crippen LogP contribution in [0.2, 0.25) is 0 Å². The second-order valence-corrected chi connectivity index (χ2v) is 5.06. The molecule has 0 N–H and O–H groups in total. The largest absolute Gasteiger partial charge is 0.449 e. The summed E-state index contributed by atoms with van der Waals surface area (Å²) in [5.41, 5.74) is 1.10. The Morgan fingerprint density at radius 1 is 1.21 bits per heavy atom. The van der Waals surface area contributed by atoms with Crippen molar-refractivity contribution in [2.24, 2.45) is 0 Å². The molecule has 0 saturated heterocycles. The van der Waals surface area contributed by atoms with E-state index in [-0.39, 0.29) is 6.09 Å². The van der Waals surface area contributed by atoms with Crippen LogP contribution in [0.4, 0.5) is 4.79 Å². The topological polar surface area (TPSA) is 32.8 Å². The van der Waals surface area contributed by atoms with Crippen molar-refractivity contribution in [2.45, 2.75) is 25.9 Å². The Morgan fingerprint density at radius 2 is 1.84 bits per heavy atom. The number of rotatable bonds is 6. The van der Waals surface area contributed by atoms with Gasteiger partial charge in [0.1, 0.15) is 0 Å². The highest BCUT2D eigenvalue weighted by Crippen LogP contribution is 2.05. The molecule has 1 rings (SSSR count). The van der Waals surface area contributed by atoms with Crippen LogP contribution in [0, 0.1) is 0 Å².